The molecular formula is C30H35N5O3. The molecule has 2 aromatic heterocycles. The lowest BCUT2D eigenvalue weighted by molar-refractivity contribution is -0.122. The van der Waals surface area contributed by atoms with E-state index < -0.39 is 6.04 Å². The van der Waals surface area contributed by atoms with Crippen molar-refractivity contribution in [2.24, 2.45) is 11.3 Å². The fourth-order valence-electron chi connectivity index (χ4n) is 5.72. The molecule has 0 spiro atoms. The van der Waals surface area contributed by atoms with Gasteiger partial charge in [-0.1, -0.05) is 57.2 Å². The van der Waals surface area contributed by atoms with Gasteiger partial charge in [0.1, 0.15) is 11.7 Å². The third kappa shape index (κ3) is 4.55. The number of hydrogen-bond acceptors (Lipinski definition) is 3. The summed E-state index contributed by atoms with van der Waals surface area (Å²) in [7, 11) is 0. The molecule has 198 valence electrons. The molecule has 2 aromatic carbocycles. The number of amides is 3. The molecule has 8 heteroatoms. The second-order valence-corrected chi connectivity index (χ2v) is 10.4. The average molecular weight is 514 g/mol. The summed E-state index contributed by atoms with van der Waals surface area (Å²) in [5.74, 6) is -0.252. The smallest absolute Gasteiger partial charge is 0.268 e. The average Bonchev–Trinajstić information content (AvgIpc) is 3.29. The van der Waals surface area contributed by atoms with Crippen molar-refractivity contribution >= 4 is 39.5 Å². The highest BCUT2D eigenvalue weighted by molar-refractivity contribution is 6.07. The maximum Gasteiger partial charge on any atom is 0.268 e. The molecule has 0 radical (unpaired) electrons. The van der Waals surface area contributed by atoms with Gasteiger partial charge >= 0.3 is 0 Å². The Morgan fingerprint density at radius 1 is 1.08 bits per heavy atom. The summed E-state index contributed by atoms with van der Waals surface area (Å²) >= 11 is 0. The van der Waals surface area contributed by atoms with Gasteiger partial charge < -0.3 is 25.5 Å². The molecule has 4 aromatic rings. The van der Waals surface area contributed by atoms with Crippen LogP contribution in [0.25, 0.3) is 21.8 Å². The van der Waals surface area contributed by atoms with Crippen molar-refractivity contribution in [2.45, 2.75) is 46.2 Å². The molecular weight excluding hydrogens is 478 g/mol. The van der Waals surface area contributed by atoms with E-state index in [-0.39, 0.29) is 29.2 Å². The molecule has 1 aliphatic carbocycles. The standard InChI is InChI=1S/C28H29N5O3.C2H6/c1-16(31-26(35)23-11-17-7-3-5-9-21(17)32-23)25(34)30-14-24-20-12-28(20,2)15-33(24)27(36)19-13-29-22-10-6-4-8-18(19)22;1-2/h3-11,13,16,20,24,29,32H,12,14-15H2,1-2H3,(H,30,34)(H,31,35);1-2H3/t16-,20?,24?,28-;/m0./s1. The Kier molecular flexibility index (Phi) is 6.73. The molecule has 2 aliphatic rings. The number of aromatic nitrogens is 2. The summed E-state index contributed by atoms with van der Waals surface area (Å²) in [6.45, 7) is 8.92. The monoisotopic (exact) mass is 513 g/mol. The molecule has 38 heavy (non-hydrogen) atoms. The Morgan fingerprint density at radius 3 is 2.55 bits per heavy atom. The minimum Gasteiger partial charge on any atom is -0.360 e. The number of aromatic amines is 2. The lowest BCUT2D eigenvalue weighted by Crippen LogP contribution is -2.50. The van der Waals surface area contributed by atoms with Crippen LogP contribution in [0.15, 0.2) is 60.8 Å². The van der Waals surface area contributed by atoms with E-state index in [4.69, 9.17) is 0 Å². The van der Waals surface area contributed by atoms with Gasteiger partial charge in [-0.15, -0.1) is 0 Å². The van der Waals surface area contributed by atoms with E-state index in [0.29, 0.717) is 30.3 Å². The number of nitrogens with one attached hydrogen (secondary N) is 4. The van der Waals surface area contributed by atoms with E-state index in [1.165, 1.54) is 0 Å². The summed E-state index contributed by atoms with van der Waals surface area (Å²) < 4.78 is 0. The summed E-state index contributed by atoms with van der Waals surface area (Å²) in [5.41, 5.74) is 2.98. The summed E-state index contributed by atoms with van der Waals surface area (Å²) in [4.78, 5) is 47.3. The Bertz CT molecular complexity index is 1470. The van der Waals surface area contributed by atoms with Crippen molar-refractivity contribution in [1.82, 2.24) is 25.5 Å². The van der Waals surface area contributed by atoms with Gasteiger partial charge in [-0.05, 0) is 42.9 Å². The van der Waals surface area contributed by atoms with Crippen molar-refractivity contribution in [3.63, 3.8) is 0 Å². The minimum atomic E-state index is -0.714. The van der Waals surface area contributed by atoms with Crippen LogP contribution in [-0.2, 0) is 4.79 Å². The highest BCUT2D eigenvalue weighted by atomic mass is 16.2. The Morgan fingerprint density at radius 2 is 1.79 bits per heavy atom. The first-order chi connectivity index (χ1) is 18.3. The van der Waals surface area contributed by atoms with Crippen LogP contribution in [0.4, 0.5) is 0 Å². The number of para-hydroxylation sites is 2. The van der Waals surface area contributed by atoms with Gasteiger partial charge in [-0.3, -0.25) is 14.4 Å². The fourth-order valence-corrected chi connectivity index (χ4v) is 5.72. The van der Waals surface area contributed by atoms with E-state index in [9.17, 15) is 14.4 Å². The van der Waals surface area contributed by atoms with Crippen LogP contribution in [0.3, 0.4) is 0 Å². The molecule has 2 unspecified atom stereocenters. The number of benzene rings is 2. The van der Waals surface area contributed by atoms with Crippen LogP contribution in [-0.4, -0.2) is 57.8 Å². The molecule has 3 amide bonds. The maximum atomic E-state index is 13.5. The summed E-state index contributed by atoms with van der Waals surface area (Å²) in [5, 5.41) is 7.60. The third-order valence-corrected chi connectivity index (χ3v) is 7.90. The predicted molar refractivity (Wildman–Crippen MR) is 149 cm³/mol. The second-order valence-electron chi connectivity index (χ2n) is 10.4. The lowest BCUT2D eigenvalue weighted by atomic mass is 10.1. The van der Waals surface area contributed by atoms with Gasteiger partial charge in [0, 0.05) is 41.1 Å². The molecule has 2 fully saturated rings. The number of piperidine rings is 1. The SMILES string of the molecule is CC.C[C@H](NC(=O)c1cc2ccccc2[nH]1)C(=O)NCC1C2C[C@@]2(C)CN1C(=O)c1c[nH]c2ccccc12. The van der Waals surface area contributed by atoms with Gasteiger partial charge in [0.2, 0.25) is 5.91 Å². The van der Waals surface area contributed by atoms with Gasteiger partial charge in [-0.2, -0.15) is 0 Å². The number of rotatable bonds is 6. The third-order valence-electron chi connectivity index (χ3n) is 7.90. The Hall–Kier alpha value is -4.07. The first kappa shape index (κ1) is 25.6. The minimum absolute atomic E-state index is 0.0136. The topological polar surface area (TPSA) is 110 Å². The van der Waals surface area contributed by atoms with Crippen LogP contribution in [0.1, 0.15) is 55.0 Å². The van der Waals surface area contributed by atoms with Crippen LogP contribution in [0.5, 0.6) is 0 Å². The van der Waals surface area contributed by atoms with Gasteiger partial charge in [0.15, 0.2) is 0 Å². The number of hydrogen-bond donors (Lipinski definition) is 4. The van der Waals surface area contributed by atoms with Crippen LogP contribution in [0.2, 0.25) is 0 Å². The molecule has 6 rings (SSSR count). The highest BCUT2D eigenvalue weighted by Crippen LogP contribution is 2.60. The second kappa shape index (κ2) is 10.0. The van der Waals surface area contributed by atoms with E-state index in [1.54, 1.807) is 19.2 Å². The fraction of sp³-hybridized carbons (Fsp3) is 0.367. The first-order valence-electron chi connectivity index (χ1n) is 13.4. The number of carbonyl (C=O) groups is 3. The van der Waals surface area contributed by atoms with E-state index in [0.717, 1.165) is 28.2 Å². The molecule has 0 bridgehead atoms. The highest BCUT2D eigenvalue weighted by Gasteiger charge is 2.62. The van der Waals surface area contributed by atoms with Crippen LogP contribution < -0.4 is 10.6 Å². The number of H-pyrrole nitrogens is 2. The first-order valence-corrected chi connectivity index (χ1v) is 13.4. The van der Waals surface area contributed by atoms with Crippen molar-refractivity contribution < 1.29 is 14.4 Å². The lowest BCUT2D eigenvalue weighted by Gasteiger charge is -2.28. The van der Waals surface area contributed by atoms with E-state index in [1.807, 2.05) is 67.3 Å². The molecule has 1 saturated carbocycles. The maximum absolute atomic E-state index is 13.5. The van der Waals surface area contributed by atoms with E-state index >= 15 is 0 Å². The zero-order chi connectivity index (χ0) is 27.0. The van der Waals surface area contributed by atoms with Crippen LogP contribution in [0, 0.1) is 11.3 Å². The van der Waals surface area contributed by atoms with Crippen molar-refractivity contribution in [1.29, 1.82) is 0 Å². The zero-order valence-electron chi connectivity index (χ0n) is 22.3. The predicted octanol–water partition coefficient (Wildman–Crippen LogP) is 4.46. The molecule has 1 saturated heterocycles. The van der Waals surface area contributed by atoms with Gasteiger partial charge in [-0.25, -0.2) is 0 Å². The largest absolute Gasteiger partial charge is 0.360 e. The quantitative estimate of drug-likeness (QED) is 0.306. The molecule has 1 aliphatic heterocycles. The molecule has 4 atom stereocenters. The molecule has 3 heterocycles. The Labute approximate surface area is 222 Å². The van der Waals surface area contributed by atoms with Gasteiger partial charge in [0.25, 0.3) is 11.8 Å². The van der Waals surface area contributed by atoms with Crippen molar-refractivity contribution in [3.05, 3.63) is 72.1 Å². The van der Waals surface area contributed by atoms with Crippen molar-refractivity contribution in [2.75, 3.05) is 13.1 Å². The van der Waals surface area contributed by atoms with E-state index in [2.05, 4.69) is 27.5 Å². The molecule has 8 nitrogen and oxygen atoms in total. The van der Waals surface area contributed by atoms with Crippen LogP contribution >= 0.6 is 0 Å². The Balaban J connectivity index is 0.00000144. The normalized spacial score (nSPS) is 22.4. The number of nitrogens with zero attached hydrogens (tertiary/aromatic N) is 1. The number of fused-ring (bicyclic) bond motifs is 3. The molecule has 4 N–H and O–H groups in total. The zero-order valence-corrected chi connectivity index (χ0v) is 22.3. The number of likely N-dealkylation sites (tertiary alicyclic amines) is 1. The summed E-state index contributed by atoms with van der Waals surface area (Å²) in [6.07, 6.45) is 2.83. The number of carbonyl (C=O) groups excluding carboxylic acids is 3. The van der Waals surface area contributed by atoms with Gasteiger partial charge in [0.05, 0.1) is 11.6 Å². The summed E-state index contributed by atoms with van der Waals surface area (Å²) in [6, 6.07) is 16.4. The van der Waals surface area contributed by atoms with Crippen molar-refractivity contribution in [3.8, 4) is 0 Å².